The van der Waals surface area contributed by atoms with E-state index in [-0.39, 0.29) is 0 Å². The second kappa shape index (κ2) is 3.94. The predicted octanol–water partition coefficient (Wildman–Crippen LogP) is 1.34. The van der Waals surface area contributed by atoms with E-state index in [9.17, 15) is 9.90 Å². The molecule has 1 aromatic heterocycles. The Balaban J connectivity index is 2.55. The summed E-state index contributed by atoms with van der Waals surface area (Å²) in [4.78, 5) is 15.3. The minimum atomic E-state index is -1.35. The minimum absolute atomic E-state index is 0.366. The lowest BCUT2D eigenvalue weighted by molar-refractivity contribution is -0.150. The lowest BCUT2D eigenvalue weighted by Gasteiger charge is -2.07. The molecule has 0 aliphatic carbocycles. The van der Waals surface area contributed by atoms with Gasteiger partial charge in [-0.2, -0.15) is 0 Å². The molecule has 0 amide bonds. The molecule has 1 N–H and O–H groups in total. The standard InChI is InChI=1S/C11H11NO4/c1-6-12-8-5-3-4-7(10(8)16-6)9(13)11(14)15-2/h3-5,9,13H,1-2H3. The molecule has 1 atom stereocenters. The first-order valence-corrected chi connectivity index (χ1v) is 4.75. The summed E-state index contributed by atoms with van der Waals surface area (Å²) >= 11 is 0. The Morgan fingerprint density at radius 3 is 3.00 bits per heavy atom. The van der Waals surface area contributed by atoms with E-state index in [1.54, 1.807) is 25.1 Å². The second-order valence-corrected chi connectivity index (χ2v) is 3.35. The number of aliphatic hydroxyl groups is 1. The van der Waals surface area contributed by atoms with Crippen LogP contribution in [0.2, 0.25) is 0 Å². The monoisotopic (exact) mass is 221 g/mol. The van der Waals surface area contributed by atoms with Gasteiger partial charge in [-0.3, -0.25) is 0 Å². The fourth-order valence-corrected chi connectivity index (χ4v) is 1.54. The summed E-state index contributed by atoms with van der Waals surface area (Å²) in [5.74, 6) is -0.235. The molecule has 16 heavy (non-hydrogen) atoms. The lowest BCUT2D eigenvalue weighted by Crippen LogP contribution is -2.13. The number of fused-ring (bicyclic) bond motifs is 1. The molecule has 2 rings (SSSR count). The number of hydrogen-bond acceptors (Lipinski definition) is 5. The van der Waals surface area contributed by atoms with Crippen LogP contribution >= 0.6 is 0 Å². The fraction of sp³-hybridized carbons (Fsp3) is 0.273. The summed E-state index contributed by atoms with van der Waals surface area (Å²) in [5.41, 5.74) is 1.39. The Labute approximate surface area is 91.7 Å². The normalized spacial score (nSPS) is 12.7. The highest BCUT2D eigenvalue weighted by Gasteiger charge is 2.22. The van der Waals surface area contributed by atoms with E-state index in [0.717, 1.165) is 0 Å². The van der Waals surface area contributed by atoms with Crippen molar-refractivity contribution in [3.8, 4) is 0 Å². The molecule has 1 aromatic carbocycles. The van der Waals surface area contributed by atoms with Gasteiger partial charge in [-0.25, -0.2) is 9.78 Å². The summed E-state index contributed by atoms with van der Waals surface area (Å²) < 4.78 is 9.81. The second-order valence-electron chi connectivity index (χ2n) is 3.35. The maximum atomic E-state index is 11.2. The number of aromatic nitrogens is 1. The summed E-state index contributed by atoms with van der Waals surface area (Å²) in [6.45, 7) is 1.70. The summed E-state index contributed by atoms with van der Waals surface area (Å²) in [6.07, 6.45) is -1.35. The number of carbonyl (C=O) groups is 1. The fourth-order valence-electron chi connectivity index (χ4n) is 1.54. The number of aliphatic hydroxyl groups excluding tert-OH is 1. The third kappa shape index (κ3) is 1.65. The Bertz CT molecular complexity index is 532. The Hall–Kier alpha value is -1.88. The molecule has 0 spiro atoms. The molecule has 0 bridgehead atoms. The van der Waals surface area contributed by atoms with Crippen molar-refractivity contribution in [2.75, 3.05) is 7.11 Å². The summed E-state index contributed by atoms with van der Waals surface area (Å²) in [5, 5.41) is 9.73. The number of methoxy groups -OCH3 is 1. The van der Waals surface area contributed by atoms with E-state index in [0.29, 0.717) is 22.6 Å². The number of benzene rings is 1. The van der Waals surface area contributed by atoms with Gasteiger partial charge in [0.05, 0.1) is 7.11 Å². The van der Waals surface area contributed by atoms with Crippen LogP contribution in [0.5, 0.6) is 0 Å². The van der Waals surface area contributed by atoms with Gasteiger partial charge in [-0.15, -0.1) is 0 Å². The number of hydrogen-bond donors (Lipinski definition) is 1. The predicted molar refractivity (Wildman–Crippen MR) is 55.7 cm³/mol. The zero-order chi connectivity index (χ0) is 11.7. The van der Waals surface area contributed by atoms with Crippen LogP contribution in [0.3, 0.4) is 0 Å². The number of aryl methyl sites for hydroxylation is 1. The van der Waals surface area contributed by atoms with E-state index < -0.39 is 12.1 Å². The maximum absolute atomic E-state index is 11.2. The number of rotatable bonds is 2. The van der Waals surface area contributed by atoms with Crippen LogP contribution in [-0.4, -0.2) is 23.2 Å². The zero-order valence-corrected chi connectivity index (χ0v) is 8.93. The largest absolute Gasteiger partial charge is 0.467 e. The Morgan fingerprint density at radius 2 is 2.31 bits per heavy atom. The van der Waals surface area contributed by atoms with Crippen LogP contribution in [0.4, 0.5) is 0 Å². The van der Waals surface area contributed by atoms with Gasteiger partial charge >= 0.3 is 5.97 Å². The van der Waals surface area contributed by atoms with Crippen LogP contribution in [0.15, 0.2) is 22.6 Å². The van der Waals surface area contributed by atoms with Gasteiger partial charge in [0.15, 0.2) is 17.6 Å². The average Bonchev–Trinajstić information content (AvgIpc) is 2.66. The highest BCUT2D eigenvalue weighted by atomic mass is 16.5. The molecular formula is C11H11NO4. The van der Waals surface area contributed by atoms with E-state index in [4.69, 9.17) is 4.42 Å². The van der Waals surface area contributed by atoms with Crippen molar-refractivity contribution in [3.63, 3.8) is 0 Å². The number of oxazole rings is 1. The summed E-state index contributed by atoms with van der Waals surface area (Å²) in [7, 11) is 1.22. The summed E-state index contributed by atoms with van der Waals surface area (Å²) in [6, 6.07) is 5.06. The zero-order valence-electron chi connectivity index (χ0n) is 8.93. The number of esters is 1. The van der Waals surface area contributed by atoms with Crippen molar-refractivity contribution in [1.82, 2.24) is 4.98 Å². The quantitative estimate of drug-likeness (QED) is 0.775. The molecule has 0 saturated carbocycles. The molecule has 0 fully saturated rings. The number of carbonyl (C=O) groups excluding carboxylic acids is 1. The molecule has 0 aliphatic heterocycles. The van der Waals surface area contributed by atoms with E-state index in [1.807, 2.05) is 0 Å². The Morgan fingerprint density at radius 1 is 1.56 bits per heavy atom. The van der Waals surface area contributed by atoms with Gasteiger partial charge in [0.2, 0.25) is 0 Å². The van der Waals surface area contributed by atoms with Crippen LogP contribution in [0, 0.1) is 6.92 Å². The van der Waals surface area contributed by atoms with Gasteiger partial charge in [0.25, 0.3) is 0 Å². The van der Waals surface area contributed by atoms with E-state index in [1.165, 1.54) is 7.11 Å². The highest BCUT2D eigenvalue weighted by Crippen LogP contribution is 2.25. The van der Waals surface area contributed by atoms with Gasteiger partial charge in [0, 0.05) is 12.5 Å². The lowest BCUT2D eigenvalue weighted by atomic mass is 10.1. The van der Waals surface area contributed by atoms with Gasteiger partial charge < -0.3 is 14.3 Å². The van der Waals surface area contributed by atoms with Crippen molar-refractivity contribution < 1.29 is 19.1 Å². The van der Waals surface area contributed by atoms with Gasteiger partial charge in [0.1, 0.15) is 5.52 Å². The maximum Gasteiger partial charge on any atom is 0.339 e. The number of para-hydroxylation sites is 1. The SMILES string of the molecule is COC(=O)C(O)c1cccc2nc(C)oc12. The molecule has 0 saturated heterocycles. The molecule has 2 aromatic rings. The van der Waals surface area contributed by atoms with E-state index in [2.05, 4.69) is 9.72 Å². The van der Waals surface area contributed by atoms with Crippen molar-refractivity contribution in [1.29, 1.82) is 0 Å². The van der Waals surface area contributed by atoms with Crippen LogP contribution in [-0.2, 0) is 9.53 Å². The molecule has 5 nitrogen and oxygen atoms in total. The van der Waals surface area contributed by atoms with Crippen molar-refractivity contribution in [2.45, 2.75) is 13.0 Å². The molecule has 0 aliphatic rings. The molecule has 1 heterocycles. The highest BCUT2D eigenvalue weighted by molar-refractivity contribution is 5.84. The molecular weight excluding hydrogens is 210 g/mol. The van der Waals surface area contributed by atoms with Crippen LogP contribution < -0.4 is 0 Å². The van der Waals surface area contributed by atoms with Gasteiger partial charge in [-0.1, -0.05) is 12.1 Å². The molecule has 1 unspecified atom stereocenters. The number of nitrogens with zero attached hydrogens (tertiary/aromatic N) is 1. The smallest absolute Gasteiger partial charge is 0.339 e. The van der Waals surface area contributed by atoms with Crippen LogP contribution in [0.1, 0.15) is 17.6 Å². The number of ether oxygens (including phenoxy) is 1. The molecule has 5 heteroatoms. The van der Waals surface area contributed by atoms with Crippen molar-refractivity contribution >= 4 is 17.1 Å². The van der Waals surface area contributed by atoms with Gasteiger partial charge in [-0.05, 0) is 6.07 Å². The molecule has 84 valence electrons. The van der Waals surface area contributed by atoms with Crippen molar-refractivity contribution in [2.24, 2.45) is 0 Å². The topological polar surface area (TPSA) is 72.6 Å². The minimum Gasteiger partial charge on any atom is -0.467 e. The average molecular weight is 221 g/mol. The Kier molecular flexibility index (Phi) is 2.62. The first kappa shape index (κ1) is 10.6. The third-order valence-electron chi connectivity index (χ3n) is 2.27. The van der Waals surface area contributed by atoms with Crippen LogP contribution in [0.25, 0.3) is 11.1 Å². The third-order valence-corrected chi connectivity index (χ3v) is 2.27. The molecule has 0 radical (unpaired) electrons. The first-order valence-electron chi connectivity index (χ1n) is 4.75. The van der Waals surface area contributed by atoms with E-state index >= 15 is 0 Å². The first-order chi connectivity index (χ1) is 7.63. The van der Waals surface area contributed by atoms with Crippen molar-refractivity contribution in [3.05, 3.63) is 29.7 Å².